The molecular weight excluding hydrogens is 176 g/mol. The van der Waals surface area contributed by atoms with Gasteiger partial charge < -0.3 is 5.11 Å². The molecule has 6 heteroatoms. The van der Waals surface area contributed by atoms with E-state index in [0.717, 1.165) is 0 Å². The van der Waals surface area contributed by atoms with E-state index in [1.54, 1.807) is 0 Å². The minimum atomic E-state index is -0.951. The average Bonchev–Trinajstić information content (AvgIpc) is 1.96. The smallest absolute Gasteiger partial charge is 0.304 e. The molecule has 0 heterocycles. The number of hydrogen-bond acceptors (Lipinski definition) is 4. The van der Waals surface area contributed by atoms with Gasteiger partial charge in [0.15, 0.2) is 0 Å². The summed E-state index contributed by atoms with van der Waals surface area (Å²) in [4.78, 5) is 31.2. The third kappa shape index (κ3) is 8.48. The molecule has 74 valence electrons. The molecule has 0 fully saturated rings. The van der Waals surface area contributed by atoms with Gasteiger partial charge in [0.25, 0.3) is 0 Å². The van der Waals surface area contributed by atoms with Crippen molar-refractivity contribution in [2.45, 2.75) is 19.8 Å². The lowest BCUT2D eigenvalue weighted by molar-refractivity contribution is -0.137. The lowest BCUT2D eigenvalue weighted by Crippen LogP contribution is -2.39. The fraction of sp³-hybridized carbons (Fsp3) is 0.571. The Morgan fingerprint density at radius 3 is 2.38 bits per heavy atom. The monoisotopic (exact) mass is 188 g/mol. The summed E-state index contributed by atoms with van der Waals surface area (Å²) in [6, 6.07) is 0. The van der Waals surface area contributed by atoms with Gasteiger partial charge in [-0.25, -0.2) is 5.43 Å². The molecule has 0 aliphatic carbocycles. The average molecular weight is 188 g/mol. The number of ketones is 1. The highest BCUT2D eigenvalue weighted by molar-refractivity contribution is 5.96. The second-order valence-electron chi connectivity index (χ2n) is 2.50. The number of carboxylic acids is 1. The maximum Gasteiger partial charge on any atom is 0.304 e. The number of amides is 1. The minimum absolute atomic E-state index is 0.0830. The largest absolute Gasteiger partial charge is 0.481 e. The molecule has 0 atom stereocenters. The van der Waals surface area contributed by atoms with Crippen LogP contribution in [0.2, 0.25) is 0 Å². The molecular formula is C7H12N2O4. The lowest BCUT2D eigenvalue weighted by Gasteiger charge is -2.03. The SMILES string of the molecule is CC(=O)CC(=O)NNCCC(=O)O. The molecule has 0 aliphatic heterocycles. The van der Waals surface area contributed by atoms with E-state index < -0.39 is 11.9 Å². The Morgan fingerprint density at radius 1 is 1.31 bits per heavy atom. The van der Waals surface area contributed by atoms with Crippen LogP contribution in [0.25, 0.3) is 0 Å². The van der Waals surface area contributed by atoms with Crippen molar-refractivity contribution in [2.24, 2.45) is 0 Å². The first kappa shape index (κ1) is 11.6. The van der Waals surface area contributed by atoms with E-state index in [2.05, 4.69) is 10.9 Å². The third-order valence-electron chi connectivity index (χ3n) is 1.10. The van der Waals surface area contributed by atoms with Gasteiger partial charge in [-0.3, -0.25) is 19.8 Å². The molecule has 1 amide bonds. The second-order valence-corrected chi connectivity index (χ2v) is 2.50. The van der Waals surface area contributed by atoms with Gasteiger partial charge in [-0.2, -0.15) is 0 Å². The van der Waals surface area contributed by atoms with Crippen molar-refractivity contribution in [1.29, 1.82) is 0 Å². The second kappa shape index (κ2) is 6.13. The molecule has 0 bridgehead atoms. The van der Waals surface area contributed by atoms with Crippen molar-refractivity contribution in [1.82, 2.24) is 10.9 Å². The van der Waals surface area contributed by atoms with E-state index in [9.17, 15) is 14.4 Å². The maximum atomic E-state index is 10.8. The molecule has 0 unspecified atom stereocenters. The van der Waals surface area contributed by atoms with Crippen molar-refractivity contribution >= 4 is 17.7 Å². The number of aliphatic carboxylic acids is 1. The first-order valence-electron chi connectivity index (χ1n) is 3.75. The summed E-state index contributed by atoms with van der Waals surface area (Å²) in [6.45, 7) is 1.44. The predicted molar refractivity (Wildman–Crippen MR) is 43.7 cm³/mol. The number of carboxylic acid groups (broad SMARTS) is 1. The summed E-state index contributed by atoms with van der Waals surface area (Å²) < 4.78 is 0. The van der Waals surface area contributed by atoms with E-state index >= 15 is 0 Å². The number of rotatable bonds is 6. The van der Waals surface area contributed by atoms with Gasteiger partial charge >= 0.3 is 5.97 Å². The van der Waals surface area contributed by atoms with Crippen LogP contribution in [0, 0.1) is 0 Å². The van der Waals surface area contributed by atoms with E-state index in [1.165, 1.54) is 6.92 Å². The van der Waals surface area contributed by atoms with Crippen LogP contribution in [0.5, 0.6) is 0 Å². The summed E-state index contributed by atoms with van der Waals surface area (Å²) in [5.74, 6) is -1.65. The standard InChI is InChI=1S/C7H12N2O4/c1-5(10)4-6(11)9-8-3-2-7(12)13/h8H,2-4H2,1H3,(H,9,11)(H,12,13). The first-order valence-corrected chi connectivity index (χ1v) is 3.75. The molecule has 0 rings (SSSR count). The molecule has 0 saturated heterocycles. The van der Waals surface area contributed by atoms with Crippen LogP contribution in [-0.2, 0) is 14.4 Å². The fourth-order valence-corrected chi connectivity index (χ4v) is 0.601. The highest BCUT2D eigenvalue weighted by atomic mass is 16.4. The highest BCUT2D eigenvalue weighted by Gasteiger charge is 2.03. The number of carbonyl (C=O) groups is 3. The number of nitrogens with one attached hydrogen (secondary N) is 2. The Bertz CT molecular complexity index is 215. The lowest BCUT2D eigenvalue weighted by atomic mass is 10.3. The van der Waals surface area contributed by atoms with Gasteiger partial charge in [-0.05, 0) is 6.92 Å². The highest BCUT2D eigenvalue weighted by Crippen LogP contribution is 1.79. The zero-order valence-corrected chi connectivity index (χ0v) is 7.29. The van der Waals surface area contributed by atoms with Crippen molar-refractivity contribution in [3.63, 3.8) is 0 Å². The van der Waals surface area contributed by atoms with Crippen LogP contribution in [0.3, 0.4) is 0 Å². The first-order chi connectivity index (χ1) is 6.02. The fourth-order valence-electron chi connectivity index (χ4n) is 0.601. The van der Waals surface area contributed by atoms with Gasteiger partial charge in [0, 0.05) is 6.54 Å². The topological polar surface area (TPSA) is 95.5 Å². The van der Waals surface area contributed by atoms with Gasteiger partial charge in [-0.15, -0.1) is 0 Å². The van der Waals surface area contributed by atoms with E-state index in [0.29, 0.717) is 0 Å². The molecule has 0 aromatic heterocycles. The van der Waals surface area contributed by atoms with Crippen molar-refractivity contribution in [3.8, 4) is 0 Å². The Labute approximate surface area is 75.3 Å². The summed E-state index contributed by atoms with van der Waals surface area (Å²) in [5.41, 5.74) is 4.59. The van der Waals surface area contributed by atoms with E-state index in [1.807, 2.05) is 0 Å². The molecule has 0 spiro atoms. The van der Waals surface area contributed by atoms with Gasteiger partial charge in [0.1, 0.15) is 5.78 Å². The summed E-state index contributed by atoms with van der Waals surface area (Å²) in [6.07, 6.45) is -0.277. The van der Waals surface area contributed by atoms with Crippen molar-refractivity contribution < 1.29 is 19.5 Å². The normalized spacial score (nSPS) is 9.31. The zero-order valence-electron chi connectivity index (χ0n) is 7.29. The number of carbonyl (C=O) groups excluding carboxylic acids is 2. The zero-order chi connectivity index (χ0) is 10.3. The molecule has 0 radical (unpaired) electrons. The van der Waals surface area contributed by atoms with Gasteiger partial charge in [0.05, 0.1) is 12.8 Å². The Kier molecular flexibility index (Phi) is 5.45. The van der Waals surface area contributed by atoms with Crippen LogP contribution in [-0.4, -0.2) is 29.3 Å². The minimum Gasteiger partial charge on any atom is -0.481 e. The van der Waals surface area contributed by atoms with Crippen LogP contribution in [0.15, 0.2) is 0 Å². The van der Waals surface area contributed by atoms with Gasteiger partial charge in [-0.1, -0.05) is 0 Å². The summed E-state index contributed by atoms with van der Waals surface area (Å²) in [7, 11) is 0. The predicted octanol–water partition coefficient (Wildman–Crippen LogP) is -0.939. The molecule has 0 saturated carbocycles. The Morgan fingerprint density at radius 2 is 1.92 bits per heavy atom. The summed E-state index contributed by atoms with van der Waals surface area (Å²) in [5, 5.41) is 8.22. The van der Waals surface area contributed by atoms with Gasteiger partial charge in [0.2, 0.25) is 5.91 Å². The quantitative estimate of drug-likeness (QED) is 0.284. The molecule has 0 aliphatic rings. The van der Waals surface area contributed by atoms with Crippen LogP contribution in [0.4, 0.5) is 0 Å². The summed E-state index contributed by atoms with van der Waals surface area (Å²) >= 11 is 0. The number of hydrazine groups is 1. The third-order valence-corrected chi connectivity index (χ3v) is 1.10. The van der Waals surface area contributed by atoms with E-state index in [4.69, 9.17) is 5.11 Å². The Hall–Kier alpha value is -1.43. The van der Waals surface area contributed by atoms with Crippen molar-refractivity contribution in [3.05, 3.63) is 0 Å². The molecule has 6 nitrogen and oxygen atoms in total. The van der Waals surface area contributed by atoms with Crippen LogP contribution < -0.4 is 10.9 Å². The molecule has 0 aromatic rings. The molecule has 0 aromatic carbocycles. The number of Topliss-reactive ketones (excluding diaryl/α,β-unsaturated/α-hetero) is 1. The number of hydrogen-bond donors (Lipinski definition) is 3. The Balaban J connectivity index is 3.37. The molecule has 13 heavy (non-hydrogen) atoms. The maximum absolute atomic E-state index is 10.8. The molecule has 3 N–H and O–H groups in total. The van der Waals surface area contributed by atoms with Crippen LogP contribution >= 0.6 is 0 Å². The van der Waals surface area contributed by atoms with E-state index in [-0.39, 0.29) is 25.2 Å². The van der Waals surface area contributed by atoms with Crippen molar-refractivity contribution in [2.75, 3.05) is 6.54 Å². The van der Waals surface area contributed by atoms with Crippen LogP contribution in [0.1, 0.15) is 19.8 Å².